The lowest BCUT2D eigenvalue weighted by Gasteiger charge is -2.39. The highest BCUT2D eigenvalue weighted by atomic mass is 127. The van der Waals surface area contributed by atoms with Crippen LogP contribution in [0.25, 0.3) is 0 Å². The summed E-state index contributed by atoms with van der Waals surface area (Å²) in [6, 6.07) is 2.96. The number of rotatable bonds is 8. The minimum Gasteiger partial charge on any atom is -0.444 e. The van der Waals surface area contributed by atoms with Crippen LogP contribution in [-0.4, -0.2) is 104 Å². The molecule has 332 valence electrons. The molecule has 10 nitrogen and oxygen atoms in total. The summed E-state index contributed by atoms with van der Waals surface area (Å²) >= 11 is 4.85. The topological polar surface area (TPSA) is 135 Å². The van der Waals surface area contributed by atoms with Crippen molar-refractivity contribution >= 4 is 69.8 Å². The van der Waals surface area contributed by atoms with E-state index in [1.54, 1.807) is 0 Å². The first-order valence-corrected chi connectivity index (χ1v) is 25.2. The van der Waals surface area contributed by atoms with E-state index in [0.717, 1.165) is 50.6 Å². The molecule has 5 aliphatic rings. The molecule has 2 saturated heterocycles. The molecule has 2 heterocycles. The number of likely N-dealkylation sites (tertiary alicyclic amines) is 2. The van der Waals surface area contributed by atoms with E-state index < -0.39 is 11.2 Å². The predicted octanol–water partition coefficient (Wildman–Crippen LogP) is 10.3. The van der Waals surface area contributed by atoms with Gasteiger partial charge >= 0.3 is 12.2 Å². The van der Waals surface area contributed by atoms with Crippen LogP contribution in [0.2, 0.25) is 0 Å². The molecule has 3 saturated carbocycles. The highest BCUT2D eigenvalue weighted by Gasteiger charge is 2.29. The Kier molecular flexibility index (Phi) is 29.2. The summed E-state index contributed by atoms with van der Waals surface area (Å²) in [4.78, 5) is 28.6. The number of alkyl halides is 2. The Balaban J connectivity index is 0.000000391. The average Bonchev–Trinajstić information content (AvgIpc) is 3.13. The standard InChI is InChI=1S/C16H30N2O2.C11H22N2O2.C11H22N2.C5H10I2.ClH/c1-16(2,3)20-15(19)17-13-7-9-14(10-8-13)18-11-5-4-6-12-18;1-11(2,3)15-10(14)13-9-6-4-8(12)5-7-9;12-10-4-6-11(7-5-10)13-8-2-1-3-9-13;6-4-2-1-3-5-7;/h13-14H,4-12H2,1-3H3,(H,17,19);8-9H,4-7,12H2,1-3H3,(H,13,14);10-11H,1-9,12H2;1-5H2;1H. The fourth-order valence-electron chi connectivity index (χ4n) is 8.20. The molecule has 56 heavy (non-hydrogen) atoms. The maximum absolute atomic E-state index is 11.8. The van der Waals surface area contributed by atoms with E-state index >= 15 is 0 Å². The number of amides is 2. The van der Waals surface area contributed by atoms with Crippen LogP contribution >= 0.6 is 57.6 Å². The molecule has 0 spiro atoms. The number of halogens is 3. The summed E-state index contributed by atoms with van der Waals surface area (Å²) in [5.74, 6) is 0. The van der Waals surface area contributed by atoms with E-state index in [1.807, 2.05) is 41.5 Å². The van der Waals surface area contributed by atoms with Gasteiger partial charge in [-0.05, 0) is 192 Å². The summed E-state index contributed by atoms with van der Waals surface area (Å²) < 4.78 is 13.2. The van der Waals surface area contributed by atoms with Crippen molar-refractivity contribution in [2.24, 2.45) is 11.5 Å². The maximum atomic E-state index is 11.8. The molecule has 0 aromatic heterocycles. The number of nitrogens with one attached hydrogen (secondary N) is 2. The predicted molar refractivity (Wildman–Crippen MR) is 255 cm³/mol. The summed E-state index contributed by atoms with van der Waals surface area (Å²) in [6.45, 7) is 16.5. The number of alkyl carbamates (subject to hydrolysis) is 2. The van der Waals surface area contributed by atoms with Crippen molar-refractivity contribution in [3.8, 4) is 0 Å². The zero-order valence-corrected chi connectivity index (χ0v) is 41.5. The van der Waals surface area contributed by atoms with Gasteiger partial charge < -0.3 is 41.4 Å². The fourth-order valence-corrected chi connectivity index (χ4v) is 9.28. The van der Waals surface area contributed by atoms with Gasteiger partial charge in [-0.15, -0.1) is 12.4 Å². The average molecular weight is 1040 g/mol. The van der Waals surface area contributed by atoms with Crippen molar-refractivity contribution in [3.05, 3.63) is 0 Å². The van der Waals surface area contributed by atoms with Gasteiger partial charge in [0.05, 0.1) is 0 Å². The largest absolute Gasteiger partial charge is 0.444 e. The van der Waals surface area contributed by atoms with Crippen LogP contribution in [0.15, 0.2) is 0 Å². The van der Waals surface area contributed by atoms with Crippen LogP contribution < -0.4 is 22.1 Å². The molecule has 6 N–H and O–H groups in total. The summed E-state index contributed by atoms with van der Waals surface area (Å²) in [5.41, 5.74) is 10.9. The Hall–Kier alpha value is 0.130. The van der Waals surface area contributed by atoms with Crippen LogP contribution in [-0.2, 0) is 9.47 Å². The quantitative estimate of drug-likeness (QED) is 0.107. The van der Waals surface area contributed by atoms with Gasteiger partial charge in [0.25, 0.3) is 0 Å². The molecule has 0 radical (unpaired) electrons. The number of nitrogens with zero attached hydrogens (tertiary/aromatic N) is 2. The molecular formula is C43H85ClI2N6O4. The Morgan fingerprint density at radius 3 is 1.16 bits per heavy atom. The van der Waals surface area contributed by atoms with Crippen molar-refractivity contribution in [1.82, 2.24) is 20.4 Å². The van der Waals surface area contributed by atoms with Crippen molar-refractivity contribution < 1.29 is 19.1 Å². The molecule has 5 fully saturated rings. The second-order valence-corrected chi connectivity index (χ2v) is 20.8. The minimum absolute atomic E-state index is 0. The van der Waals surface area contributed by atoms with Gasteiger partial charge in [-0.1, -0.05) is 64.4 Å². The normalized spacial score (nSPS) is 27.5. The van der Waals surface area contributed by atoms with Crippen molar-refractivity contribution in [3.63, 3.8) is 0 Å². The number of unbranched alkanes of at least 4 members (excludes halogenated alkanes) is 2. The third-order valence-electron chi connectivity index (χ3n) is 11.2. The van der Waals surface area contributed by atoms with Gasteiger partial charge in [0, 0.05) is 36.3 Å². The Bertz CT molecular complexity index is 995. The number of hydrogen-bond acceptors (Lipinski definition) is 8. The lowest BCUT2D eigenvalue weighted by Crippen LogP contribution is -2.46. The van der Waals surface area contributed by atoms with E-state index in [2.05, 4.69) is 65.6 Å². The molecule has 0 atom stereocenters. The minimum atomic E-state index is -0.421. The van der Waals surface area contributed by atoms with Gasteiger partial charge in [0.1, 0.15) is 11.2 Å². The number of piperidine rings is 2. The molecule has 0 aromatic carbocycles. The zero-order valence-electron chi connectivity index (χ0n) is 36.4. The van der Waals surface area contributed by atoms with Crippen LogP contribution in [0.5, 0.6) is 0 Å². The summed E-state index contributed by atoms with van der Waals surface area (Å²) in [5, 5.41) is 5.90. The first kappa shape index (κ1) is 54.1. The zero-order chi connectivity index (χ0) is 40.7. The first-order valence-electron chi connectivity index (χ1n) is 22.2. The molecule has 0 unspecified atom stereocenters. The molecule has 5 rings (SSSR count). The van der Waals surface area contributed by atoms with E-state index in [4.69, 9.17) is 20.9 Å². The second kappa shape index (κ2) is 30.2. The Labute approximate surface area is 377 Å². The Morgan fingerprint density at radius 2 is 0.839 bits per heavy atom. The smallest absolute Gasteiger partial charge is 0.407 e. The monoisotopic (exact) mass is 1040 g/mol. The summed E-state index contributed by atoms with van der Waals surface area (Å²) in [6.07, 6.45) is 25.7. The van der Waals surface area contributed by atoms with Crippen molar-refractivity contribution in [2.75, 3.05) is 35.0 Å². The molecular weight excluding hydrogens is 954 g/mol. The number of ether oxygens (including phenoxy) is 2. The van der Waals surface area contributed by atoms with Crippen molar-refractivity contribution in [2.45, 2.75) is 224 Å². The van der Waals surface area contributed by atoms with Gasteiger partial charge in [0.15, 0.2) is 0 Å². The van der Waals surface area contributed by atoms with Gasteiger partial charge in [-0.25, -0.2) is 9.59 Å². The van der Waals surface area contributed by atoms with Crippen LogP contribution in [0, 0.1) is 0 Å². The van der Waals surface area contributed by atoms with Crippen molar-refractivity contribution in [1.29, 1.82) is 0 Å². The number of carbonyl (C=O) groups excluding carboxylic acids is 2. The molecule has 2 aliphatic heterocycles. The van der Waals surface area contributed by atoms with Gasteiger partial charge in [-0.2, -0.15) is 0 Å². The lowest BCUT2D eigenvalue weighted by molar-refractivity contribution is 0.0466. The number of hydrogen-bond donors (Lipinski definition) is 4. The van der Waals surface area contributed by atoms with Gasteiger partial charge in [0.2, 0.25) is 0 Å². The Morgan fingerprint density at radius 1 is 0.536 bits per heavy atom. The van der Waals surface area contributed by atoms with Crippen LogP contribution in [0.3, 0.4) is 0 Å². The maximum Gasteiger partial charge on any atom is 0.407 e. The number of nitrogens with two attached hydrogens (primary N) is 2. The summed E-state index contributed by atoms with van der Waals surface area (Å²) in [7, 11) is 0. The number of carbonyl (C=O) groups is 2. The lowest BCUT2D eigenvalue weighted by atomic mass is 9.89. The van der Waals surface area contributed by atoms with Gasteiger partial charge in [-0.3, -0.25) is 0 Å². The van der Waals surface area contributed by atoms with Crippen LogP contribution in [0.1, 0.15) is 176 Å². The molecule has 0 aromatic rings. The molecule has 3 aliphatic carbocycles. The highest BCUT2D eigenvalue weighted by molar-refractivity contribution is 14.1. The SMILES string of the molecule is CC(C)(C)OC(=O)NC1CCC(N)CC1.CC(C)(C)OC(=O)NC1CCC(N2CCCCC2)CC1.Cl.ICCCCCI.NC1CCC(N2CCCCC2)CC1. The van der Waals surface area contributed by atoms with E-state index in [0.29, 0.717) is 18.1 Å². The van der Waals surface area contributed by atoms with E-state index in [1.165, 1.54) is 131 Å². The molecule has 0 bridgehead atoms. The third kappa shape index (κ3) is 26.4. The molecule has 13 heteroatoms. The first-order chi connectivity index (χ1) is 26.1. The second-order valence-electron chi connectivity index (χ2n) is 18.6. The van der Waals surface area contributed by atoms with Crippen LogP contribution in [0.4, 0.5) is 9.59 Å². The highest BCUT2D eigenvalue weighted by Crippen LogP contribution is 2.27. The van der Waals surface area contributed by atoms with E-state index in [9.17, 15) is 9.59 Å². The third-order valence-corrected chi connectivity index (χ3v) is 12.8. The molecule has 2 amide bonds. The fraction of sp³-hybridized carbons (Fsp3) is 0.953. The van der Waals surface area contributed by atoms with E-state index in [-0.39, 0.29) is 30.6 Å².